The maximum atomic E-state index is 13.6. The van der Waals surface area contributed by atoms with E-state index in [0.717, 1.165) is 21.2 Å². The molecule has 31 heavy (non-hydrogen) atoms. The number of likely N-dealkylation sites (tertiary alicyclic amines) is 1. The van der Waals surface area contributed by atoms with Gasteiger partial charge in [-0.2, -0.15) is 5.26 Å². The number of pyridine rings is 2. The van der Waals surface area contributed by atoms with Gasteiger partial charge < -0.3 is 10.2 Å². The van der Waals surface area contributed by atoms with Gasteiger partial charge in [0.25, 0.3) is 11.8 Å². The van der Waals surface area contributed by atoms with Crippen molar-refractivity contribution in [2.24, 2.45) is 0 Å². The minimum atomic E-state index is -3.11. The zero-order valence-electron chi connectivity index (χ0n) is 16.3. The Balaban J connectivity index is 1.56. The lowest BCUT2D eigenvalue weighted by atomic mass is 9.97. The van der Waals surface area contributed by atoms with Crippen molar-refractivity contribution in [1.29, 1.82) is 5.26 Å². The van der Waals surface area contributed by atoms with E-state index in [2.05, 4.69) is 15.3 Å². The number of nitrogens with zero attached hydrogens (tertiary/aromatic N) is 4. The SMILES string of the molecule is N#CC1CC(F)(F)CN1C(=O)CNC(=O)c1ccncc1-c1cccc2cnccc12. The minimum absolute atomic E-state index is 0.288. The molecule has 7 nitrogen and oxygen atoms in total. The minimum Gasteiger partial charge on any atom is -0.343 e. The van der Waals surface area contributed by atoms with Crippen LogP contribution in [0.15, 0.2) is 55.1 Å². The number of fused-ring (bicyclic) bond motifs is 1. The van der Waals surface area contributed by atoms with Crippen LogP contribution in [0, 0.1) is 11.3 Å². The highest BCUT2D eigenvalue weighted by Crippen LogP contribution is 2.32. The lowest BCUT2D eigenvalue weighted by Crippen LogP contribution is -2.43. The van der Waals surface area contributed by atoms with E-state index in [-0.39, 0.29) is 5.56 Å². The van der Waals surface area contributed by atoms with Gasteiger partial charge >= 0.3 is 0 Å². The van der Waals surface area contributed by atoms with E-state index in [1.807, 2.05) is 24.3 Å². The number of alkyl halides is 2. The van der Waals surface area contributed by atoms with Gasteiger partial charge in [-0.05, 0) is 23.1 Å². The van der Waals surface area contributed by atoms with E-state index in [9.17, 15) is 18.4 Å². The summed E-state index contributed by atoms with van der Waals surface area (Å²) >= 11 is 0. The van der Waals surface area contributed by atoms with Gasteiger partial charge in [0.15, 0.2) is 0 Å². The second kappa shape index (κ2) is 8.07. The van der Waals surface area contributed by atoms with Crippen molar-refractivity contribution in [1.82, 2.24) is 20.2 Å². The predicted molar refractivity (Wildman–Crippen MR) is 108 cm³/mol. The third-order valence-electron chi connectivity index (χ3n) is 5.18. The largest absolute Gasteiger partial charge is 0.343 e. The molecule has 2 amide bonds. The Kier molecular flexibility index (Phi) is 5.29. The summed E-state index contributed by atoms with van der Waals surface area (Å²) in [5.41, 5.74) is 1.62. The highest BCUT2D eigenvalue weighted by molar-refractivity contribution is 6.06. The Hall–Kier alpha value is -3.93. The second-order valence-corrected chi connectivity index (χ2v) is 7.23. The van der Waals surface area contributed by atoms with Crippen molar-refractivity contribution >= 4 is 22.6 Å². The standard InChI is InChI=1S/C22H17F2N5O2/c23-22(24)8-15(9-25)29(13-22)20(30)12-28-21(31)18-5-7-27-11-19(18)17-3-1-2-14-10-26-6-4-16(14)17/h1-7,10-11,15H,8,12-13H2,(H,28,31). The fourth-order valence-corrected chi connectivity index (χ4v) is 3.71. The molecule has 156 valence electrons. The fourth-order valence-electron chi connectivity index (χ4n) is 3.71. The number of amides is 2. The van der Waals surface area contributed by atoms with Crippen LogP contribution < -0.4 is 5.32 Å². The van der Waals surface area contributed by atoms with Crippen molar-refractivity contribution in [3.8, 4) is 17.2 Å². The van der Waals surface area contributed by atoms with Crippen LogP contribution in [0.25, 0.3) is 21.9 Å². The number of hydrogen-bond donors (Lipinski definition) is 1. The third kappa shape index (κ3) is 4.05. The van der Waals surface area contributed by atoms with Gasteiger partial charge in [0.2, 0.25) is 5.91 Å². The smallest absolute Gasteiger partial charge is 0.268 e. The number of halogens is 2. The van der Waals surface area contributed by atoms with Gasteiger partial charge in [-0.3, -0.25) is 19.6 Å². The second-order valence-electron chi connectivity index (χ2n) is 7.23. The first-order chi connectivity index (χ1) is 14.9. The van der Waals surface area contributed by atoms with Crippen molar-refractivity contribution in [3.05, 3.63) is 60.7 Å². The lowest BCUT2D eigenvalue weighted by Gasteiger charge is -2.19. The van der Waals surface area contributed by atoms with Gasteiger partial charge in [0.05, 0.1) is 24.7 Å². The van der Waals surface area contributed by atoms with Crippen LogP contribution in [0.2, 0.25) is 0 Å². The highest BCUT2D eigenvalue weighted by atomic mass is 19.3. The van der Waals surface area contributed by atoms with E-state index >= 15 is 0 Å². The fraction of sp³-hybridized carbons (Fsp3) is 0.227. The van der Waals surface area contributed by atoms with Crippen LogP contribution in [0.3, 0.4) is 0 Å². The molecule has 1 aliphatic heterocycles. The first-order valence-corrected chi connectivity index (χ1v) is 9.52. The van der Waals surface area contributed by atoms with Gasteiger partial charge in [0.1, 0.15) is 6.04 Å². The molecule has 0 aliphatic carbocycles. The summed E-state index contributed by atoms with van der Waals surface area (Å²) in [6.45, 7) is -1.32. The molecule has 1 unspecified atom stereocenters. The molecule has 2 aromatic heterocycles. The number of carbonyl (C=O) groups is 2. The van der Waals surface area contributed by atoms with Crippen LogP contribution in [0.1, 0.15) is 16.8 Å². The first kappa shape index (κ1) is 20.3. The van der Waals surface area contributed by atoms with Crippen LogP contribution >= 0.6 is 0 Å². The molecule has 9 heteroatoms. The Bertz CT molecular complexity index is 1200. The normalized spacial score (nSPS) is 17.3. The van der Waals surface area contributed by atoms with E-state index in [4.69, 9.17) is 5.26 Å². The average molecular weight is 421 g/mol. The van der Waals surface area contributed by atoms with Crippen molar-refractivity contribution in [2.75, 3.05) is 13.1 Å². The molecule has 4 rings (SSSR count). The average Bonchev–Trinajstić information content (AvgIpc) is 3.11. The summed E-state index contributed by atoms with van der Waals surface area (Å²) < 4.78 is 27.2. The van der Waals surface area contributed by atoms with Gasteiger partial charge in [-0.1, -0.05) is 18.2 Å². The number of hydrogen-bond acceptors (Lipinski definition) is 5. The zero-order chi connectivity index (χ0) is 22.0. The predicted octanol–water partition coefficient (Wildman–Crippen LogP) is 2.79. The van der Waals surface area contributed by atoms with Crippen molar-refractivity contribution in [3.63, 3.8) is 0 Å². The molecule has 0 spiro atoms. The molecule has 1 fully saturated rings. The van der Waals surface area contributed by atoms with Crippen LogP contribution in [-0.2, 0) is 4.79 Å². The Morgan fingerprint density at radius 3 is 2.74 bits per heavy atom. The Morgan fingerprint density at radius 2 is 1.94 bits per heavy atom. The number of carbonyl (C=O) groups excluding carboxylic acids is 2. The summed E-state index contributed by atoms with van der Waals surface area (Å²) in [7, 11) is 0. The summed E-state index contributed by atoms with van der Waals surface area (Å²) in [5.74, 6) is -4.39. The molecule has 0 radical (unpaired) electrons. The van der Waals surface area contributed by atoms with Crippen LogP contribution in [0.5, 0.6) is 0 Å². The molecule has 0 bridgehead atoms. The summed E-state index contributed by atoms with van der Waals surface area (Å²) in [5, 5.41) is 13.3. The molecule has 0 saturated carbocycles. The maximum Gasteiger partial charge on any atom is 0.268 e. The van der Waals surface area contributed by atoms with E-state index < -0.39 is 43.3 Å². The van der Waals surface area contributed by atoms with Crippen molar-refractivity contribution < 1.29 is 18.4 Å². The maximum absolute atomic E-state index is 13.6. The number of nitriles is 1. The molecule has 1 aromatic carbocycles. The quantitative estimate of drug-likeness (QED) is 0.699. The molecular weight excluding hydrogens is 404 g/mol. The zero-order valence-corrected chi connectivity index (χ0v) is 16.3. The topological polar surface area (TPSA) is 99.0 Å². The van der Waals surface area contributed by atoms with Gasteiger partial charge in [-0.15, -0.1) is 0 Å². The Morgan fingerprint density at radius 1 is 1.16 bits per heavy atom. The number of benzene rings is 1. The highest BCUT2D eigenvalue weighted by Gasteiger charge is 2.47. The number of rotatable bonds is 4. The first-order valence-electron chi connectivity index (χ1n) is 9.52. The Labute approximate surface area is 176 Å². The summed E-state index contributed by atoms with van der Waals surface area (Å²) in [6.07, 6.45) is 5.68. The lowest BCUT2D eigenvalue weighted by molar-refractivity contribution is -0.131. The van der Waals surface area contributed by atoms with Crippen LogP contribution in [0.4, 0.5) is 8.78 Å². The molecule has 1 N–H and O–H groups in total. The molecule has 1 atom stereocenters. The van der Waals surface area contributed by atoms with Crippen molar-refractivity contribution in [2.45, 2.75) is 18.4 Å². The summed E-state index contributed by atoms with van der Waals surface area (Å²) in [4.78, 5) is 34.2. The number of nitrogens with one attached hydrogen (secondary N) is 1. The summed E-state index contributed by atoms with van der Waals surface area (Å²) in [6, 6.07) is 9.46. The van der Waals surface area contributed by atoms with Crippen LogP contribution in [-0.4, -0.2) is 51.7 Å². The number of aromatic nitrogens is 2. The molecule has 1 aliphatic rings. The molecule has 3 aromatic rings. The van der Waals surface area contributed by atoms with E-state index in [1.54, 1.807) is 24.7 Å². The molecule has 1 saturated heterocycles. The molecular formula is C22H17F2N5O2. The van der Waals surface area contributed by atoms with Gasteiger partial charge in [0, 0.05) is 42.2 Å². The van der Waals surface area contributed by atoms with Gasteiger partial charge in [-0.25, -0.2) is 8.78 Å². The third-order valence-corrected chi connectivity index (χ3v) is 5.18. The van der Waals surface area contributed by atoms with E-state index in [1.165, 1.54) is 12.3 Å². The monoisotopic (exact) mass is 421 g/mol. The molecule has 3 heterocycles. The van der Waals surface area contributed by atoms with E-state index in [0.29, 0.717) is 5.56 Å².